The summed E-state index contributed by atoms with van der Waals surface area (Å²) in [6.07, 6.45) is 6.52. The van der Waals surface area contributed by atoms with E-state index in [-0.39, 0.29) is 59.9 Å². The van der Waals surface area contributed by atoms with Gasteiger partial charge in [-0.2, -0.15) is 9.61 Å². The molecule has 5 N–H and O–H groups in total. The smallest absolute Gasteiger partial charge is 0.229 e. The molecule has 1 saturated heterocycles. The van der Waals surface area contributed by atoms with E-state index in [2.05, 4.69) is 32.6 Å². The SMILES string of the molecule is CC(=O)N[C@@H]1[C@H](N)C[C@H](c2ccncc2Nc2ncc3ccc(-c4c(F)cc(C5(O)COC5)cc4F)nn23)C[C@@H]1C. The number of aromatic nitrogens is 4. The molecular weight excluding hydrogens is 532 g/mol. The van der Waals surface area contributed by atoms with Crippen LogP contribution < -0.4 is 16.4 Å². The first-order chi connectivity index (χ1) is 19.6. The predicted molar refractivity (Wildman–Crippen MR) is 147 cm³/mol. The summed E-state index contributed by atoms with van der Waals surface area (Å²) in [7, 11) is 0. The van der Waals surface area contributed by atoms with Crippen molar-refractivity contribution in [1.29, 1.82) is 0 Å². The van der Waals surface area contributed by atoms with E-state index >= 15 is 8.78 Å². The molecule has 1 aliphatic heterocycles. The number of hydrogen-bond acceptors (Lipinski definition) is 8. The highest BCUT2D eigenvalue weighted by Gasteiger charge is 2.39. The second-order valence-electron chi connectivity index (χ2n) is 11.1. The second kappa shape index (κ2) is 10.4. The van der Waals surface area contributed by atoms with Crippen molar-refractivity contribution in [2.45, 2.75) is 50.3 Å². The van der Waals surface area contributed by atoms with Crippen molar-refractivity contribution >= 4 is 23.1 Å². The van der Waals surface area contributed by atoms with Gasteiger partial charge in [0.15, 0.2) is 0 Å². The third kappa shape index (κ3) is 5.03. The van der Waals surface area contributed by atoms with Crippen LogP contribution in [0.2, 0.25) is 0 Å². The highest BCUT2D eigenvalue weighted by molar-refractivity contribution is 5.73. The summed E-state index contributed by atoms with van der Waals surface area (Å²) in [4.78, 5) is 20.4. The number of carbonyl (C=O) groups excluding carboxylic acids is 1. The summed E-state index contributed by atoms with van der Waals surface area (Å²) in [6, 6.07) is 7.07. The molecule has 1 aromatic carbocycles. The fraction of sp³-hybridized carbons (Fsp3) is 0.379. The lowest BCUT2D eigenvalue weighted by Gasteiger charge is -2.39. The van der Waals surface area contributed by atoms with Crippen LogP contribution in [0.1, 0.15) is 43.7 Å². The van der Waals surface area contributed by atoms with Crippen molar-refractivity contribution in [1.82, 2.24) is 24.9 Å². The lowest BCUT2D eigenvalue weighted by atomic mass is 9.73. The minimum atomic E-state index is -1.40. The van der Waals surface area contributed by atoms with Gasteiger partial charge in [-0.05, 0) is 66.1 Å². The van der Waals surface area contributed by atoms with Gasteiger partial charge in [0.2, 0.25) is 11.9 Å². The number of pyridine rings is 1. The first-order valence-corrected chi connectivity index (χ1v) is 13.5. The maximum Gasteiger partial charge on any atom is 0.229 e. The zero-order chi connectivity index (χ0) is 28.9. The zero-order valence-corrected chi connectivity index (χ0v) is 22.6. The highest BCUT2D eigenvalue weighted by Crippen LogP contribution is 2.39. The minimum absolute atomic E-state index is 0.0164. The molecule has 1 amide bonds. The van der Waals surface area contributed by atoms with E-state index in [4.69, 9.17) is 10.5 Å². The molecule has 0 radical (unpaired) electrons. The Morgan fingerprint density at radius 2 is 1.93 bits per heavy atom. The quantitative estimate of drug-likeness (QED) is 0.280. The van der Waals surface area contributed by atoms with Crippen LogP contribution in [0.3, 0.4) is 0 Å². The Bertz CT molecular complexity index is 1590. The lowest BCUT2D eigenvalue weighted by molar-refractivity contribution is -0.184. The van der Waals surface area contributed by atoms with Crippen LogP contribution >= 0.6 is 0 Å². The number of rotatable bonds is 6. The van der Waals surface area contributed by atoms with E-state index in [1.165, 1.54) is 17.5 Å². The zero-order valence-electron chi connectivity index (χ0n) is 22.6. The van der Waals surface area contributed by atoms with Gasteiger partial charge in [0, 0.05) is 25.2 Å². The van der Waals surface area contributed by atoms with E-state index in [0.29, 0.717) is 23.6 Å². The maximum atomic E-state index is 15.2. The lowest BCUT2D eigenvalue weighted by Crippen LogP contribution is -2.54. The molecule has 3 aromatic heterocycles. The second-order valence-corrected chi connectivity index (χ2v) is 11.1. The number of hydrogen-bond donors (Lipinski definition) is 4. The van der Waals surface area contributed by atoms with Crippen molar-refractivity contribution in [3.8, 4) is 11.3 Å². The monoisotopic (exact) mass is 563 g/mol. The molecule has 4 atom stereocenters. The molecule has 1 aliphatic carbocycles. The highest BCUT2D eigenvalue weighted by atomic mass is 19.1. The molecule has 2 aliphatic rings. The first-order valence-electron chi connectivity index (χ1n) is 13.5. The van der Waals surface area contributed by atoms with Gasteiger partial charge in [-0.3, -0.25) is 9.78 Å². The van der Waals surface area contributed by atoms with Crippen LogP contribution in [0.25, 0.3) is 16.8 Å². The Morgan fingerprint density at radius 3 is 2.59 bits per heavy atom. The largest absolute Gasteiger partial charge is 0.380 e. The Hall–Kier alpha value is -4.00. The molecule has 12 heteroatoms. The van der Waals surface area contributed by atoms with Crippen molar-refractivity contribution in [2.24, 2.45) is 11.7 Å². The average molecular weight is 564 g/mol. The number of imidazole rings is 1. The Balaban J connectivity index is 1.30. The molecule has 1 saturated carbocycles. The van der Waals surface area contributed by atoms with Crippen LogP contribution in [0.5, 0.6) is 0 Å². The van der Waals surface area contributed by atoms with E-state index in [9.17, 15) is 9.90 Å². The number of carbonyl (C=O) groups is 1. The normalized spacial score (nSPS) is 23.7. The third-order valence-electron chi connectivity index (χ3n) is 8.10. The molecule has 4 heterocycles. The van der Waals surface area contributed by atoms with Gasteiger partial charge in [-0.15, -0.1) is 0 Å². The number of nitrogens with zero attached hydrogens (tertiary/aromatic N) is 4. The summed E-state index contributed by atoms with van der Waals surface area (Å²) in [6.45, 7) is 3.55. The van der Waals surface area contributed by atoms with Gasteiger partial charge in [0.05, 0.1) is 48.1 Å². The number of nitrogens with two attached hydrogens (primary N) is 1. The molecule has 2 fully saturated rings. The number of fused-ring (bicyclic) bond motifs is 1. The summed E-state index contributed by atoms with van der Waals surface area (Å²) in [5.41, 5.74) is 7.31. The van der Waals surface area contributed by atoms with Gasteiger partial charge in [0.1, 0.15) is 17.2 Å². The van der Waals surface area contributed by atoms with Crippen molar-refractivity contribution in [2.75, 3.05) is 18.5 Å². The Labute approximate surface area is 234 Å². The molecule has 0 bridgehead atoms. The molecule has 214 valence electrons. The van der Waals surface area contributed by atoms with Gasteiger partial charge < -0.3 is 26.2 Å². The van der Waals surface area contributed by atoms with Crippen LogP contribution in [-0.2, 0) is 15.1 Å². The molecule has 10 nitrogen and oxygen atoms in total. The topological polar surface area (TPSA) is 140 Å². The molecule has 6 rings (SSSR count). The van der Waals surface area contributed by atoms with E-state index in [0.717, 1.165) is 24.1 Å². The maximum absolute atomic E-state index is 15.2. The molecule has 0 spiro atoms. The standard InChI is InChI=1S/C29H31F2N7O3/c1-15-7-17(8-23(32)27(15)35-16(2)39)20-5-6-33-12-25(20)36-28-34-11-19-3-4-24(37-38(19)28)26-21(30)9-18(10-22(26)31)29(40)13-41-14-29/h3-6,9-12,15,17,23,27,40H,7-8,13-14,32H2,1-2H3,(H,34,36)(H,35,39)/t15-,17+,23+,27-/m0/s1. The van der Waals surface area contributed by atoms with Crippen LogP contribution in [0.15, 0.2) is 48.9 Å². The van der Waals surface area contributed by atoms with Crippen molar-refractivity contribution in [3.63, 3.8) is 0 Å². The predicted octanol–water partition coefficient (Wildman–Crippen LogP) is 3.38. The summed E-state index contributed by atoms with van der Waals surface area (Å²) in [5.74, 6) is -1.14. The number of benzene rings is 1. The van der Waals surface area contributed by atoms with Crippen LogP contribution in [0.4, 0.5) is 20.4 Å². The van der Waals surface area contributed by atoms with Crippen LogP contribution in [-0.4, -0.2) is 55.9 Å². The van der Waals surface area contributed by atoms with Crippen molar-refractivity contribution in [3.05, 3.63) is 71.7 Å². The number of ether oxygens (including phenoxy) is 1. The number of aliphatic hydroxyl groups is 1. The fourth-order valence-electron chi connectivity index (χ4n) is 5.96. The van der Waals surface area contributed by atoms with E-state index < -0.39 is 17.2 Å². The average Bonchev–Trinajstić information content (AvgIpc) is 3.31. The minimum Gasteiger partial charge on any atom is -0.380 e. The molecule has 0 unspecified atom stereocenters. The molecule has 4 aromatic rings. The Morgan fingerprint density at radius 1 is 1.17 bits per heavy atom. The number of amides is 1. The summed E-state index contributed by atoms with van der Waals surface area (Å²) in [5, 5.41) is 21.2. The number of halogens is 2. The first kappa shape index (κ1) is 27.2. The number of anilines is 2. The number of nitrogens with one attached hydrogen (secondary N) is 2. The summed E-state index contributed by atoms with van der Waals surface area (Å²) < 4.78 is 36.8. The van der Waals surface area contributed by atoms with Gasteiger partial charge in [-0.25, -0.2) is 13.8 Å². The Kier molecular flexibility index (Phi) is 6.92. The van der Waals surface area contributed by atoms with Gasteiger partial charge >= 0.3 is 0 Å². The van der Waals surface area contributed by atoms with Crippen LogP contribution in [0, 0.1) is 17.6 Å². The van der Waals surface area contributed by atoms with Crippen molar-refractivity contribution < 1.29 is 23.4 Å². The summed E-state index contributed by atoms with van der Waals surface area (Å²) >= 11 is 0. The third-order valence-corrected chi connectivity index (χ3v) is 8.10. The molecule has 41 heavy (non-hydrogen) atoms. The fourth-order valence-corrected chi connectivity index (χ4v) is 5.96. The van der Waals surface area contributed by atoms with Gasteiger partial charge in [-0.1, -0.05) is 6.92 Å². The van der Waals surface area contributed by atoms with E-state index in [1.807, 2.05) is 6.07 Å². The van der Waals surface area contributed by atoms with Gasteiger partial charge in [0.25, 0.3) is 0 Å². The van der Waals surface area contributed by atoms with E-state index in [1.54, 1.807) is 24.7 Å². The molecular formula is C29H31F2N7O3.